The average molecular weight is 299 g/mol. The minimum absolute atomic E-state index is 0.318. The maximum absolute atomic E-state index is 6.10. The second-order valence-electron chi connectivity index (χ2n) is 4.83. The smallest absolute Gasteiger partial charge is 0.107 e. The van der Waals surface area contributed by atoms with Crippen molar-refractivity contribution < 1.29 is 4.74 Å². The van der Waals surface area contributed by atoms with Crippen molar-refractivity contribution in [2.75, 3.05) is 25.1 Å². The first kappa shape index (κ1) is 14.6. The van der Waals surface area contributed by atoms with Crippen LogP contribution in [0.5, 0.6) is 0 Å². The Hall–Kier alpha value is -0.840. The second kappa shape index (κ2) is 7.08. The molecule has 5 heteroatoms. The molecule has 0 unspecified atom stereocenters. The highest BCUT2D eigenvalue weighted by Gasteiger charge is 2.20. The molecular weight excluding hydrogens is 280 g/mol. The van der Waals surface area contributed by atoms with E-state index >= 15 is 0 Å². The van der Waals surface area contributed by atoms with Crippen LogP contribution in [0.25, 0.3) is 0 Å². The van der Waals surface area contributed by atoms with E-state index in [0.717, 1.165) is 43.3 Å². The molecule has 1 aliphatic carbocycles. The fourth-order valence-electron chi connectivity index (χ4n) is 1.85. The summed E-state index contributed by atoms with van der Waals surface area (Å²) in [7, 11) is 0. The van der Waals surface area contributed by atoms with Crippen LogP contribution in [0.1, 0.15) is 24.8 Å². The minimum atomic E-state index is 0.318. The van der Waals surface area contributed by atoms with E-state index in [1.165, 1.54) is 12.8 Å². The standard InChI is InChI=1S/C14H19ClN2OS/c15-11-3-1-4-12(13(11)14(16)19)17-7-2-8-18-9-10-5-6-10/h1,3-4,10,17H,2,5-9H2,(H2,16,19). The van der Waals surface area contributed by atoms with Crippen molar-refractivity contribution in [2.45, 2.75) is 19.3 Å². The number of ether oxygens (including phenoxy) is 1. The zero-order chi connectivity index (χ0) is 13.7. The van der Waals surface area contributed by atoms with Gasteiger partial charge < -0.3 is 15.8 Å². The van der Waals surface area contributed by atoms with Crippen LogP contribution in [0.3, 0.4) is 0 Å². The lowest BCUT2D eigenvalue weighted by molar-refractivity contribution is 0.124. The van der Waals surface area contributed by atoms with Gasteiger partial charge in [-0.05, 0) is 37.3 Å². The van der Waals surface area contributed by atoms with Gasteiger partial charge in [0.15, 0.2) is 0 Å². The number of benzene rings is 1. The molecule has 0 saturated heterocycles. The summed E-state index contributed by atoms with van der Waals surface area (Å²) in [6, 6.07) is 5.61. The average Bonchev–Trinajstić information content (AvgIpc) is 3.17. The Labute approximate surface area is 124 Å². The van der Waals surface area contributed by atoms with Gasteiger partial charge in [0.25, 0.3) is 0 Å². The number of rotatable bonds is 8. The highest BCUT2D eigenvalue weighted by molar-refractivity contribution is 7.80. The van der Waals surface area contributed by atoms with Gasteiger partial charge in [0.1, 0.15) is 4.99 Å². The number of nitrogens with one attached hydrogen (secondary N) is 1. The van der Waals surface area contributed by atoms with Gasteiger partial charge in [0.05, 0.1) is 10.6 Å². The summed E-state index contributed by atoms with van der Waals surface area (Å²) in [5.41, 5.74) is 7.30. The molecule has 1 saturated carbocycles. The molecule has 2 rings (SSSR count). The molecule has 0 heterocycles. The van der Waals surface area contributed by atoms with Gasteiger partial charge in [-0.3, -0.25) is 0 Å². The fourth-order valence-corrected chi connectivity index (χ4v) is 2.41. The Bertz CT molecular complexity index is 449. The van der Waals surface area contributed by atoms with Crippen molar-refractivity contribution in [1.29, 1.82) is 0 Å². The third kappa shape index (κ3) is 4.64. The lowest BCUT2D eigenvalue weighted by Crippen LogP contribution is -2.15. The van der Waals surface area contributed by atoms with Gasteiger partial charge >= 0.3 is 0 Å². The molecular formula is C14H19ClN2OS. The lowest BCUT2D eigenvalue weighted by atomic mass is 10.1. The minimum Gasteiger partial charge on any atom is -0.389 e. The van der Waals surface area contributed by atoms with Crippen LogP contribution in [-0.2, 0) is 4.74 Å². The highest BCUT2D eigenvalue weighted by Crippen LogP contribution is 2.28. The van der Waals surface area contributed by atoms with Gasteiger partial charge in [-0.2, -0.15) is 0 Å². The first-order valence-electron chi connectivity index (χ1n) is 6.58. The SMILES string of the molecule is NC(=S)c1c(Cl)cccc1NCCCOCC1CC1. The summed E-state index contributed by atoms with van der Waals surface area (Å²) in [5.74, 6) is 0.821. The van der Waals surface area contributed by atoms with Crippen LogP contribution in [0.4, 0.5) is 5.69 Å². The van der Waals surface area contributed by atoms with Gasteiger partial charge in [-0.25, -0.2) is 0 Å². The molecule has 0 spiro atoms. The van der Waals surface area contributed by atoms with Crippen LogP contribution in [0, 0.1) is 5.92 Å². The van der Waals surface area contributed by atoms with Crippen molar-refractivity contribution in [3.05, 3.63) is 28.8 Å². The fraction of sp³-hybridized carbons (Fsp3) is 0.500. The van der Waals surface area contributed by atoms with Crippen molar-refractivity contribution in [3.63, 3.8) is 0 Å². The zero-order valence-corrected chi connectivity index (χ0v) is 12.4. The number of anilines is 1. The van der Waals surface area contributed by atoms with Gasteiger partial charge in [-0.15, -0.1) is 0 Å². The van der Waals surface area contributed by atoms with E-state index in [4.69, 9.17) is 34.3 Å². The van der Waals surface area contributed by atoms with Crippen molar-refractivity contribution in [2.24, 2.45) is 11.7 Å². The molecule has 0 atom stereocenters. The molecule has 1 aliphatic rings. The predicted octanol–water partition coefficient (Wildman–Crippen LogP) is 3.20. The normalized spacial score (nSPS) is 14.4. The Morgan fingerprint density at radius 2 is 2.26 bits per heavy atom. The first-order valence-corrected chi connectivity index (χ1v) is 7.37. The Morgan fingerprint density at radius 1 is 1.47 bits per heavy atom. The van der Waals surface area contributed by atoms with Crippen LogP contribution >= 0.6 is 23.8 Å². The second-order valence-corrected chi connectivity index (χ2v) is 5.67. The van der Waals surface area contributed by atoms with E-state index in [2.05, 4.69) is 5.32 Å². The molecule has 19 heavy (non-hydrogen) atoms. The van der Waals surface area contributed by atoms with Crippen LogP contribution < -0.4 is 11.1 Å². The summed E-state index contributed by atoms with van der Waals surface area (Å²) in [6.07, 6.45) is 3.62. The van der Waals surface area contributed by atoms with Crippen molar-refractivity contribution in [3.8, 4) is 0 Å². The van der Waals surface area contributed by atoms with Gasteiger partial charge in [0.2, 0.25) is 0 Å². The van der Waals surface area contributed by atoms with E-state index in [0.29, 0.717) is 10.0 Å². The third-order valence-electron chi connectivity index (χ3n) is 3.09. The largest absolute Gasteiger partial charge is 0.389 e. The molecule has 3 N–H and O–H groups in total. The quantitative estimate of drug-likeness (QED) is 0.571. The molecule has 0 aromatic heterocycles. The molecule has 1 fully saturated rings. The summed E-state index contributed by atoms with van der Waals surface area (Å²) < 4.78 is 5.58. The molecule has 104 valence electrons. The van der Waals surface area contributed by atoms with Gasteiger partial charge in [0, 0.05) is 25.4 Å². The topological polar surface area (TPSA) is 47.3 Å². The Morgan fingerprint density at radius 3 is 2.95 bits per heavy atom. The maximum atomic E-state index is 6.10. The maximum Gasteiger partial charge on any atom is 0.107 e. The summed E-state index contributed by atoms with van der Waals surface area (Å²) in [6.45, 7) is 2.52. The monoisotopic (exact) mass is 298 g/mol. The first-order chi connectivity index (χ1) is 9.18. The van der Waals surface area contributed by atoms with E-state index in [1.54, 1.807) is 6.07 Å². The van der Waals surface area contributed by atoms with E-state index in [-0.39, 0.29) is 0 Å². The Balaban J connectivity index is 1.75. The number of nitrogens with two attached hydrogens (primary N) is 1. The number of thiocarbonyl (C=S) groups is 1. The predicted molar refractivity (Wildman–Crippen MR) is 84.0 cm³/mol. The van der Waals surface area contributed by atoms with E-state index in [9.17, 15) is 0 Å². The van der Waals surface area contributed by atoms with Crippen molar-refractivity contribution in [1.82, 2.24) is 0 Å². The molecule has 1 aromatic carbocycles. The molecule has 3 nitrogen and oxygen atoms in total. The van der Waals surface area contributed by atoms with Crippen LogP contribution in [0.15, 0.2) is 18.2 Å². The number of hydrogen-bond acceptors (Lipinski definition) is 3. The summed E-state index contributed by atoms with van der Waals surface area (Å²) >= 11 is 11.1. The highest BCUT2D eigenvalue weighted by atomic mass is 35.5. The van der Waals surface area contributed by atoms with Crippen LogP contribution in [0.2, 0.25) is 5.02 Å². The number of hydrogen-bond donors (Lipinski definition) is 2. The van der Waals surface area contributed by atoms with Crippen LogP contribution in [-0.4, -0.2) is 24.7 Å². The van der Waals surface area contributed by atoms with Gasteiger partial charge in [-0.1, -0.05) is 29.9 Å². The lowest BCUT2D eigenvalue weighted by Gasteiger charge is -2.12. The van der Waals surface area contributed by atoms with E-state index in [1.807, 2.05) is 12.1 Å². The Kier molecular flexibility index (Phi) is 5.43. The summed E-state index contributed by atoms with van der Waals surface area (Å²) in [4.78, 5) is 0.318. The molecule has 0 amide bonds. The molecule has 1 aromatic rings. The van der Waals surface area contributed by atoms with Crippen molar-refractivity contribution >= 4 is 34.5 Å². The summed E-state index contributed by atoms with van der Waals surface area (Å²) in [5, 5.41) is 3.89. The van der Waals surface area contributed by atoms with E-state index < -0.39 is 0 Å². The third-order valence-corrected chi connectivity index (χ3v) is 3.61. The molecule has 0 aliphatic heterocycles. The molecule has 0 radical (unpaired) electrons. The molecule has 0 bridgehead atoms. The zero-order valence-electron chi connectivity index (χ0n) is 10.8. The number of halogens is 1.